The lowest BCUT2D eigenvalue weighted by Gasteiger charge is -2.29. The summed E-state index contributed by atoms with van der Waals surface area (Å²) in [5.74, 6) is 1.17. The van der Waals surface area contributed by atoms with Gasteiger partial charge in [0.2, 0.25) is 0 Å². The Balaban J connectivity index is 2.84. The van der Waals surface area contributed by atoms with Gasteiger partial charge in [-0.3, -0.25) is 0 Å². The Hall–Kier alpha value is -1.51. The molecule has 0 aromatic heterocycles. The van der Waals surface area contributed by atoms with E-state index in [1.165, 1.54) is 0 Å². The largest absolute Gasteiger partial charge is 0.369 e. The quantitative estimate of drug-likeness (QED) is 0.641. The van der Waals surface area contributed by atoms with Crippen LogP contribution >= 0.6 is 0 Å². The second kappa shape index (κ2) is 6.28. The number of aliphatic imine (C=N–C) groups is 1. The van der Waals surface area contributed by atoms with Crippen molar-refractivity contribution in [3.63, 3.8) is 0 Å². The molecule has 1 aromatic rings. The molecule has 1 aromatic carbocycles. The fourth-order valence-electron chi connectivity index (χ4n) is 1.66. The molecule has 94 valence electrons. The van der Waals surface area contributed by atoms with Crippen molar-refractivity contribution in [1.82, 2.24) is 4.90 Å². The minimum absolute atomic E-state index is 0.366. The van der Waals surface area contributed by atoms with Gasteiger partial charge in [-0.05, 0) is 31.9 Å². The highest BCUT2D eigenvalue weighted by Crippen LogP contribution is 2.12. The Morgan fingerprint density at radius 2 is 1.76 bits per heavy atom. The number of rotatable bonds is 4. The number of para-hydroxylation sites is 1. The molecule has 1 rings (SSSR count). The van der Waals surface area contributed by atoms with E-state index in [2.05, 4.69) is 37.6 Å². The van der Waals surface area contributed by atoms with Crippen molar-refractivity contribution < 1.29 is 0 Å². The van der Waals surface area contributed by atoms with Crippen molar-refractivity contribution in [2.24, 2.45) is 16.6 Å². The van der Waals surface area contributed by atoms with E-state index < -0.39 is 0 Å². The van der Waals surface area contributed by atoms with Gasteiger partial charge in [0, 0.05) is 12.6 Å². The first-order chi connectivity index (χ1) is 8.00. The van der Waals surface area contributed by atoms with Crippen LogP contribution in [0.25, 0.3) is 0 Å². The van der Waals surface area contributed by atoms with Crippen molar-refractivity contribution in [1.29, 1.82) is 0 Å². The summed E-state index contributed by atoms with van der Waals surface area (Å²) < 4.78 is 0. The van der Waals surface area contributed by atoms with Crippen molar-refractivity contribution in [2.45, 2.75) is 33.7 Å². The van der Waals surface area contributed by atoms with Crippen LogP contribution in [0.15, 0.2) is 35.3 Å². The van der Waals surface area contributed by atoms with Crippen LogP contribution in [0, 0.1) is 5.92 Å². The highest BCUT2D eigenvalue weighted by atomic mass is 15.3. The molecule has 17 heavy (non-hydrogen) atoms. The molecule has 0 radical (unpaired) electrons. The highest BCUT2D eigenvalue weighted by molar-refractivity contribution is 5.81. The predicted octanol–water partition coefficient (Wildman–Crippen LogP) is 3.00. The van der Waals surface area contributed by atoms with Gasteiger partial charge in [0.15, 0.2) is 5.96 Å². The summed E-state index contributed by atoms with van der Waals surface area (Å²) in [6, 6.07) is 10.2. The number of nitrogens with two attached hydrogens (primary N) is 1. The van der Waals surface area contributed by atoms with Crippen LogP contribution in [-0.2, 0) is 0 Å². The molecular weight excluding hydrogens is 210 g/mol. The van der Waals surface area contributed by atoms with Gasteiger partial charge in [-0.15, -0.1) is 0 Å². The summed E-state index contributed by atoms with van der Waals surface area (Å²) in [7, 11) is 0. The van der Waals surface area contributed by atoms with Gasteiger partial charge in [0.1, 0.15) is 0 Å². The van der Waals surface area contributed by atoms with E-state index in [9.17, 15) is 0 Å². The highest BCUT2D eigenvalue weighted by Gasteiger charge is 2.13. The number of guanidine groups is 1. The van der Waals surface area contributed by atoms with Crippen LogP contribution in [-0.4, -0.2) is 23.4 Å². The molecule has 0 heterocycles. The van der Waals surface area contributed by atoms with Gasteiger partial charge in [-0.25, -0.2) is 4.99 Å². The van der Waals surface area contributed by atoms with E-state index in [0.717, 1.165) is 12.2 Å². The number of hydrogen-bond donors (Lipinski definition) is 1. The third-order valence-corrected chi connectivity index (χ3v) is 2.48. The second-order valence-electron chi connectivity index (χ2n) is 4.95. The van der Waals surface area contributed by atoms with Crippen molar-refractivity contribution in [3.05, 3.63) is 30.3 Å². The molecule has 0 unspecified atom stereocenters. The molecule has 0 saturated carbocycles. The average molecular weight is 233 g/mol. The van der Waals surface area contributed by atoms with Crippen LogP contribution in [0.4, 0.5) is 5.69 Å². The summed E-state index contributed by atoms with van der Waals surface area (Å²) in [4.78, 5) is 6.59. The van der Waals surface area contributed by atoms with Gasteiger partial charge in [-0.1, -0.05) is 32.0 Å². The smallest absolute Gasteiger partial charge is 0.196 e. The van der Waals surface area contributed by atoms with Gasteiger partial charge in [0.25, 0.3) is 0 Å². The SMILES string of the molecule is CC(C)CN(C(N)=Nc1ccccc1)C(C)C. The molecule has 2 N–H and O–H groups in total. The molecule has 3 heteroatoms. The summed E-state index contributed by atoms with van der Waals surface area (Å²) in [6.45, 7) is 9.57. The average Bonchev–Trinajstić information content (AvgIpc) is 2.26. The third kappa shape index (κ3) is 4.47. The number of hydrogen-bond acceptors (Lipinski definition) is 1. The van der Waals surface area contributed by atoms with E-state index in [4.69, 9.17) is 5.73 Å². The zero-order valence-corrected chi connectivity index (χ0v) is 11.2. The van der Waals surface area contributed by atoms with E-state index in [-0.39, 0.29) is 0 Å². The lowest BCUT2D eigenvalue weighted by atomic mass is 10.2. The summed E-state index contributed by atoms with van der Waals surface area (Å²) in [5, 5.41) is 0. The maximum absolute atomic E-state index is 6.08. The van der Waals surface area contributed by atoms with E-state index >= 15 is 0 Å². The van der Waals surface area contributed by atoms with Crippen LogP contribution < -0.4 is 5.73 Å². The van der Waals surface area contributed by atoms with Crippen molar-refractivity contribution in [3.8, 4) is 0 Å². The molecule has 0 amide bonds. The van der Waals surface area contributed by atoms with Gasteiger partial charge < -0.3 is 10.6 Å². The Morgan fingerprint density at radius 3 is 2.24 bits per heavy atom. The van der Waals surface area contributed by atoms with Crippen molar-refractivity contribution in [2.75, 3.05) is 6.54 Å². The monoisotopic (exact) mass is 233 g/mol. The standard InChI is InChI=1S/C14H23N3/c1-11(2)10-17(12(3)4)14(15)16-13-8-6-5-7-9-13/h5-9,11-12H,10H2,1-4H3,(H2,15,16). The van der Waals surface area contributed by atoms with Crippen LogP contribution in [0.1, 0.15) is 27.7 Å². The number of benzene rings is 1. The first kappa shape index (κ1) is 13.6. The Morgan fingerprint density at radius 1 is 1.18 bits per heavy atom. The molecule has 0 atom stereocenters. The summed E-state index contributed by atoms with van der Waals surface area (Å²) in [5.41, 5.74) is 6.98. The second-order valence-corrected chi connectivity index (χ2v) is 4.95. The molecule has 0 aliphatic carbocycles. The minimum Gasteiger partial charge on any atom is -0.369 e. The first-order valence-electron chi connectivity index (χ1n) is 6.16. The van der Waals surface area contributed by atoms with Gasteiger partial charge in [0.05, 0.1) is 5.69 Å². The Bertz CT molecular complexity index is 355. The van der Waals surface area contributed by atoms with E-state index in [0.29, 0.717) is 17.9 Å². The predicted molar refractivity (Wildman–Crippen MR) is 74.4 cm³/mol. The Kier molecular flexibility index (Phi) is 5.01. The molecule has 3 nitrogen and oxygen atoms in total. The van der Waals surface area contributed by atoms with Crippen LogP contribution in [0.5, 0.6) is 0 Å². The maximum Gasteiger partial charge on any atom is 0.196 e. The fourth-order valence-corrected chi connectivity index (χ4v) is 1.66. The summed E-state index contributed by atoms with van der Waals surface area (Å²) in [6.07, 6.45) is 0. The maximum atomic E-state index is 6.08. The van der Waals surface area contributed by atoms with Gasteiger partial charge >= 0.3 is 0 Å². The molecule has 0 aliphatic rings. The normalized spacial score (nSPS) is 12.2. The fraction of sp³-hybridized carbons (Fsp3) is 0.500. The topological polar surface area (TPSA) is 41.6 Å². The first-order valence-corrected chi connectivity index (χ1v) is 6.16. The lowest BCUT2D eigenvalue weighted by Crippen LogP contribution is -2.43. The lowest BCUT2D eigenvalue weighted by molar-refractivity contribution is 0.308. The minimum atomic E-state index is 0.366. The zero-order valence-electron chi connectivity index (χ0n) is 11.2. The van der Waals surface area contributed by atoms with Gasteiger partial charge in [-0.2, -0.15) is 0 Å². The molecule has 0 spiro atoms. The molecule has 0 aliphatic heterocycles. The summed E-state index contributed by atoms with van der Waals surface area (Å²) >= 11 is 0. The van der Waals surface area contributed by atoms with Crippen LogP contribution in [0.2, 0.25) is 0 Å². The third-order valence-electron chi connectivity index (χ3n) is 2.48. The molecule has 0 saturated heterocycles. The molecule has 0 fully saturated rings. The molecule has 0 bridgehead atoms. The van der Waals surface area contributed by atoms with Crippen LogP contribution in [0.3, 0.4) is 0 Å². The van der Waals surface area contributed by atoms with Crippen molar-refractivity contribution >= 4 is 11.6 Å². The molecular formula is C14H23N3. The zero-order chi connectivity index (χ0) is 12.8. The Labute approximate surface area is 104 Å². The van der Waals surface area contributed by atoms with E-state index in [1.54, 1.807) is 0 Å². The number of nitrogens with zero attached hydrogens (tertiary/aromatic N) is 2. The van der Waals surface area contributed by atoms with E-state index in [1.807, 2.05) is 30.3 Å².